The molecular weight excluding hydrogens is 240 g/mol. The lowest BCUT2D eigenvalue weighted by Gasteiger charge is -2.27. The minimum Gasteiger partial charge on any atom is -0.496 e. The van der Waals surface area contributed by atoms with Gasteiger partial charge in [0.05, 0.1) is 19.8 Å². The Balaban J connectivity index is 2.15. The van der Waals surface area contributed by atoms with Gasteiger partial charge in [0.2, 0.25) is 0 Å². The number of aliphatic hydroxyl groups excluding tert-OH is 1. The number of methoxy groups -OCH3 is 1. The van der Waals surface area contributed by atoms with E-state index in [1.54, 1.807) is 7.11 Å². The van der Waals surface area contributed by atoms with Crippen LogP contribution < -0.4 is 10.5 Å². The van der Waals surface area contributed by atoms with Gasteiger partial charge in [-0.2, -0.15) is 0 Å². The molecule has 106 valence electrons. The summed E-state index contributed by atoms with van der Waals surface area (Å²) in [7, 11) is 1.70. The first-order chi connectivity index (χ1) is 9.24. The Hall–Kier alpha value is -1.10. The van der Waals surface area contributed by atoms with E-state index in [1.807, 2.05) is 12.1 Å². The molecule has 2 rings (SSSR count). The third-order valence-electron chi connectivity index (χ3n) is 3.77. The Kier molecular flexibility index (Phi) is 5.19. The van der Waals surface area contributed by atoms with Gasteiger partial charge in [-0.05, 0) is 43.6 Å². The molecule has 0 saturated carbocycles. The van der Waals surface area contributed by atoms with Crippen molar-refractivity contribution in [3.8, 4) is 5.75 Å². The fourth-order valence-corrected chi connectivity index (χ4v) is 2.62. The number of benzene rings is 1. The maximum absolute atomic E-state index is 9.16. The van der Waals surface area contributed by atoms with Crippen LogP contribution in [0.4, 0.5) is 0 Å². The van der Waals surface area contributed by atoms with E-state index in [2.05, 4.69) is 11.0 Å². The quantitative estimate of drug-likeness (QED) is 0.849. The molecule has 1 heterocycles. The lowest BCUT2D eigenvalue weighted by atomic mass is 10.0. The summed E-state index contributed by atoms with van der Waals surface area (Å²) in [5.41, 5.74) is 8.01. The molecule has 0 spiro atoms. The Labute approximate surface area is 115 Å². The van der Waals surface area contributed by atoms with Crippen molar-refractivity contribution in [1.29, 1.82) is 0 Å². The van der Waals surface area contributed by atoms with Gasteiger partial charge in [-0.25, -0.2) is 0 Å². The first kappa shape index (κ1) is 14.3. The predicted molar refractivity (Wildman–Crippen MR) is 76.1 cm³/mol. The van der Waals surface area contributed by atoms with Crippen LogP contribution >= 0.6 is 0 Å². The molecule has 4 nitrogen and oxygen atoms in total. The van der Waals surface area contributed by atoms with Gasteiger partial charge in [0.1, 0.15) is 5.75 Å². The molecule has 0 aliphatic carbocycles. The highest BCUT2D eigenvalue weighted by atomic mass is 16.5. The molecule has 1 aromatic rings. The standard InChI is InChI=1S/C15H24N2O2/c1-19-15-6-5-12(14(16)11-18)9-13(15)10-17-7-3-2-4-8-17/h5-6,9,14,18H,2-4,7-8,10-11,16H2,1H3/t14-/m0/s1. The van der Waals surface area contributed by atoms with Gasteiger partial charge in [-0.3, -0.25) is 4.90 Å². The van der Waals surface area contributed by atoms with Crippen molar-refractivity contribution >= 4 is 0 Å². The summed E-state index contributed by atoms with van der Waals surface area (Å²) in [6.07, 6.45) is 3.89. The Morgan fingerprint density at radius 1 is 1.32 bits per heavy atom. The smallest absolute Gasteiger partial charge is 0.123 e. The second-order valence-corrected chi connectivity index (χ2v) is 5.20. The van der Waals surface area contributed by atoms with E-state index in [9.17, 15) is 0 Å². The lowest BCUT2D eigenvalue weighted by molar-refractivity contribution is 0.218. The molecule has 0 bridgehead atoms. The third-order valence-corrected chi connectivity index (χ3v) is 3.77. The number of aliphatic hydroxyl groups is 1. The summed E-state index contributed by atoms with van der Waals surface area (Å²) in [6, 6.07) is 5.63. The molecule has 0 aromatic heterocycles. The molecular formula is C15H24N2O2. The molecule has 3 N–H and O–H groups in total. The average Bonchev–Trinajstić information content (AvgIpc) is 2.47. The van der Waals surface area contributed by atoms with Crippen molar-refractivity contribution in [3.05, 3.63) is 29.3 Å². The van der Waals surface area contributed by atoms with Crippen LogP contribution in [0, 0.1) is 0 Å². The van der Waals surface area contributed by atoms with E-state index >= 15 is 0 Å². The summed E-state index contributed by atoms with van der Waals surface area (Å²) >= 11 is 0. The molecule has 1 saturated heterocycles. The van der Waals surface area contributed by atoms with Gasteiger partial charge in [-0.15, -0.1) is 0 Å². The zero-order chi connectivity index (χ0) is 13.7. The Morgan fingerprint density at radius 3 is 2.68 bits per heavy atom. The monoisotopic (exact) mass is 264 g/mol. The first-order valence-electron chi connectivity index (χ1n) is 7.00. The number of likely N-dealkylation sites (tertiary alicyclic amines) is 1. The van der Waals surface area contributed by atoms with Gasteiger partial charge in [0, 0.05) is 12.1 Å². The van der Waals surface area contributed by atoms with E-state index in [0.717, 1.165) is 36.5 Å². The van der Waals surface area contributed by atoms with Crippen LogP contribution in [0.5, 0.6) is 5.75 Å². The molecule has 1 aliphatic heterocycles. The Morgan fingerprint density at radius 2 is 2.05 bits per heavy atom. The summed E-state index contributed by atoms with van der Waals surface area (Å²) < 4.78 is 5.43. The number of ether oxygens (including phenoxy) is 1. The fourth-order valence-electron chi connectivity index (χ4n) is 2.62. The molecule has 0 unspecified atom stereocenters. The molecule has 1 aromatic carbocycles. The molecule has 19 heavy (non-hydrogen) atoms. The molecule has 4 heteroatoms. The van der Waals surface area contributed by atoms with Crippen LogP contribution in [-0.2, 0) is 6.54 Å². The van der Waals surface area contributed by atoms with Crippen LogP contribution in [0.3, 0.4) is 0 Å². The topological polar surface area (TPSA) is 58.7 Å². The number of rotatable bonds is 5. The first-order valence-corrected chi connectivity index (χ1v) is 7.00. The highest BCUT2D eigenvalue weighted by molar-refractivity contribution is 5.38. The minimum atomic E-state index is -0.314. The third kappa shape index (κ3) is 3.69. The van der Waals surface area contributed by atoms with Crippen LogP contribution in [0.1, 0.15) is 36.4 Å². The van der Waals surface area contributed by atoms with Gasteiger partial charge >= 0.3 is 0 Å². The summed E-state index contributed by atoms with van der Waals surface area (Å²) in [4.78, 5) is 2.45. The number of piperidine rings is 1. The normalized spacial score (nSPS) is 18.3. The van der Waals surface area contributed by atoms with E-state index in [1.165, 1.54) is 19.3 Å². The highest BCUT2D eigenvalue weighted by Crippen LogP contribution is 2.25. The van der Waals surface area contributed by atoms with Crippen LogP contribution in [-0.4, -0.2) is 36.8 Å². The minimum absolute atomic E-state index is 0.0323. The van der Waals surface area contributed by atoms with Crippen LogP contribution in [0.15, 0.2) is 18.2 Å². The maximum Gasteiger partial charge on any atom is 0.123 e. The molecule has 1 fully saturated rings. The van der Waals surface area contributed by atoms with Gasteiger partial charge in [0.25, 0.3) is 0 Å². The van der Waals surface area contributed by atoms with Crippen molar-refractivity contribution < 1.29 is 9.84 Å². The number of hydrogen-bond donors (Lipinski definition) is 2. The number of nitrogens with two attached hydrogens (primary N) is 1. The number of nitrogens with zero attached hydrogens (tertiary/aromatic N) is 1. The zero-order valence-electron chi connectivity index (χ0n) is 11.6. The van der Waals surface area contributed by atoms with E-state index < -0.39 is 0 Å². The number of hydrogen-bond acceptors (Lipinski definition) is 4. The van der Waals surface area contributed by atoms with E-state index in [-0.39, 0.29) is 12.6 Å². The second-order valence-electron chi connectivity index (χ2n) is 5.20. The van der Waals surface area contributed by atoms with Gasteiger partial charge in [0.15, 0.2) is 0 Å². The van der Waals surface area contributed by atoms with E-state index in [0.29, 0.717) is 0 Å². The highest BCUT2D eigenvalue weighted by Gasteiger charge is 2.14. The predicted octanol–water partition coefficient (Wildman–Crippen LogP) is 1.67. The van der Waals surface area contributed by atoms with Crippen molar-refractivity contribution in [3.63, 3.8) is 0 Å². The zero-order valence-corrected chi connectivity index (χ0v) is 11.6. The Bertz CT molecular complexity index is 403. The largest absolute Gasteiger partial charge is 0.496 e. The van der Waals surface area contributed by atoms with Crippen LogP contribution in [0.25, 0.3) is 0 Å². The lowest BCUT2D eigenvalue weighted by Crippen LogP contribution is -2.29. The van der Waals surface area contributed by atoms with Gasteiger partial charge in [-0.1, -0.05) is 12.5 Å². The summed E-state index contributed by atoms with van der Waals surface area (Å²) in [6.45, 7) is 3.17. The fraction of sp³-hybridized carbons (Fsp3) is 0.600. The molecule has 0 amide bonds. The summed E-state index contributed by atoms with van der Waals surface area (Å²) in [5.74, 6) is 0.902. The van der Waals surface area contributed by atoms with Gasteiger partial charge < -0.3 is 15.6 Å². The van der Waals surface area contributed by atoms with Crippen molar-refractivity contribution in [2.45, 2.75) is 31.8 Å². The molecule has 1 atom stereocenters. The van der Waals surface area contributed by atoms with Crippen molar-refractivity contribution in [2.75, 3.05) is 26.8 Å². The van der Waals surface area contributed by atoms with Crippen molar-refractivity contribution in [1.82, 2.24) is 4.90 Å². The summed E-state index contributed by atoms with van der Waals surface area (Å²) in [5, 5.41) is 9.16. The average molecular weight is 264 g/mol. The van der Waals surface area contributed by atoms with E-state index in [4.69, 9.17) is 15.6 Å². The van der Waals surface area contributed by atoms with Crippen LogP contribution in [0.2, 0.25) is 0 Å². The SMILES string of the molecule is COc1ccc([C@@H](N)CO)cc1CN1CCCCC1. The molecule has 1 aliphatic rings. The molecule has 0 radical (unpaired) electrons. The second kappa shape index (κ2) is 6.89. The maximum atomic E-state index is 9.16. The van der Waals surface area contributed by atoms with Crippen molar-refractivity contribution in [2.24, 2.45) is 5.73 Å².